The van der Waals surface area contributed by atoms with Gasteiger partial charge < -0.3 is 59.6 Å². The lowest BCUT2D eigenvalue weighted by atomic mass is 10.00. The molecule has 0 radical (unpaired) electrons. The minimum Gasteiger partial charge on any atom is -0.461 e. The molecule has 1 amide bonds. The molecule has 2 aliphatic heterocycles. The van der Waals surface area contributed by atoms with Gasteiger partial charge in [-0.25, -0.2) is 0 Å². The average Bonchev–Trinajstić information content (AvgIpc) is 3.11. The molecule has 2 unspecified atom stereocenters. The first-order chi connectivity index (χ1) is 23.8. The summed E-state index contributed by atoms with van der Waals surface area (Å²) >= 11 is 0. The Kier molecular flexibility index (Phi) is 17.9. The number of unbranched alkanes of at least 4 members (excludes halogenated alkanes) is 2. The summed E-state index contributed by atoms with van der Waals surface area (Å²) in [5.41, 5.74) is 0.924. The second-order valence-electron chi connectivity index (χ2n) is 13.2. The van der Waals surface area contributed by atoms with Crippen LogP contribution in [0.25, 0.3) is 0 Å². The molecule has 3 rings (SSSR count). The molecule has 50 heavy (non-hydrogen) atoms. The van der Waals surface area contributed by atoms with E-state index < -0.39 is 73.6 Å². The number of hydrogen-bond donors (Lipinski definition) is 7. The van der Waals surface area contributed by atoms with Gasteiger partial charge in [0.15, 0.2) is 12.6 Å². The molecule has 0 aliphatic carbocycles. The fourth-order valence-electron chi connectivity index (χ4n) is 5.82. The first-order valence-corrected chi connectivity index (χ1v) is 17.7. The highest BCUT2D eigenvalue weighted by molar-refractivity contribution is 5.78. The maximum atomic E-state index is 13.1. The highest BCUT2D eigenvalue weighted by Gasteiger charge is 2.44. The van der Waals surface area contributed by atoms with Crippen LogP contribution in [0.3, 0.4) is 0 Å². The molecule has 0 aromatic heterocycles. The van der Waals surface area contributed by atoms with Crippen LogP contribution < -0.4 is 5.32 Å². The Labute approximate surface area is 294 Å². The first-order valence-electron chi connectivity index (χ1n) is 17.7. The summed E-state index contributed by atoms with van der Waals surface area (Å²) in [6.45, 7) is 7.81. The van der Waals surface area contributed by atoms with E-state index in [1.54, 1.807) is 18.7 Å². The van der Waals surface area contributed by atoms with Gasteiger partial charge in [0.2, 0.25) is 5.91 Å². The van der Waals surface area contributed by atoms with Crippen LogP contribution in [0.1, 0.15) is 71.8 Å². The van der Waals surface area contributed by atoms with Gasteiger partial charge in [-0.3, -0.25) is 14.5 Å². The number of nitrogens with zero attached hydrogens (tertiary/aromatic N) is 1. The number of aliphatic hydroxyl groups is 6. The number of nitrogens with one attached hydrogen (secondary N) is 1. The van der Waals surface area contributed by atoms with Gasteiger partial charge in [-0.2, -0.15) is 0 Å². The predicted molar refractivity (Wildman–Crippen MR) is 179 cm³/mol. The van der Waals surface area contributed by atoms with E-state index in [0.717, 1.165) is 5.56 Å². The fourth-order valence-corrected chi connectivity index (χ4v) is 5.82. The standard InChI is InChI=1S/C35H58N2O13/c1-5-24(49-34-32(44)30(42)28(40)21(3)47-34)17-37(18-25(6-2)50-35-33(45)31(43)29(41)22(4)48-35)19-26(38)36-16-12-8-11-15-27(39)46-20-23-13-9-7-10-14-23/h7,9-10,13-14,21-22,24-25,28-35,40-45H,5-6,8,11-12,15-20H2,1-4H3,(H,36,38)/t21-,22-,24?,25?,28+,29+,30+,31+,32-,33-,34-,35-/m0/s1. The molecule has 0 bridgehead atoms. The van der Waals surface area contributed by atoms with E-state index >= 15 is 0 Å². The molecule has 15 heteroatoms. The van der Waals surface area contributed by atoms with E-state index in [0.29, 0.717) is 38.6 Å². The van der Waals surface area contributed by atoms with Gasteiger partial charge in [0.1, 0.15) is 43.2 Å². The number of esters is 1. The Morgan fingerprint density at radius 2 is 1.28 bits per heavy atom. The maximum absolute atomic E-state index is 13.1. The zero-order chi connectivity index (χ0) is 36.8. The van der Waals surface area contributed by atoms with Crippen molar-refractivity contribution in [1.82, 2.24) is 10.2 Å². The van der Waals surface area contributed by atoms with E-state index in [9.17, 15) is 40.2 Å². The summed E-state index contributed by atoms with van der Waals surface area (Å²) in [6.07, 6.45) is -10.4. The fraction of sp³-hybridized carbons (Fsp3) is 0.771. The van der Waals surface area contributed by atoms with Crippen LogP contribution in [0.15, 0.2) is 30.3 Å². The number of aliphatic hydroxyl groups excluding tert-OH is 6. The lowest BCUT2D eigenvalue weighted by Crippen LogP contribution is -2.59. The minimum atomic E-state index is -1.49. The summed E-state index contributed by atoms with van der Waals surface area (Å²) in [7, 11) is 0. The molecule has 2 fully saturated rings. The van der Waals surface area contributed by atoms with Crippen LogP contribution in [0.4, 0.5) is 0 Å². The number of rotatable bonds is 20. The molecule has 7 N–H and O–H groups in total. The third-order valence-corrected chi connectivity index (χ3v) is 9.09. The smallest absolute Gasteiger partial charge is 0.306 e. The average molecular weight is 715 g/mol. The molecule has 2 aliphatic rings. The zero-order valence-electron chi connectivity index (χ0n) is 29.6. The molecule has 12 atom stereocenters. The first kappa shape index (κ1) is 42.1. The van der Waals surface area contributed by atoms with Gasteiger partial charge in [0, 0.05) is 26.1 Å². The predicted octanol–water partition coefficient (Wildman–Crippen LogP) is -0.0462. The summed E-state index contributed by atoms with van der Waals surface area (Å²) in [5.74, 6) is -0.536. The second kappa shape index (κ2) is 21.3. The number of hydrogen-bond acceptors (Lipinski definition) is 14. The highest BCUT2D eigenvalue weighted by Crippen LogP contribution is 2.25. The van der Waals surface area contributed by atoms with Gasteiger partial charge in [-0.1, -0.05) is 50.6 Å². The lowest BCUT2D eigenvalue weighted by Gasteiger charge is -2.41. The third-order valence-electron chi connectivity index (χ3n) is 9.09. The number of benzene rings is 1. The van der Waals surface area contributed by atoms with Crippen molar-refractivity contribution in [3.8, 4) is 0 Å². The molecule has 15 nitrogen and oxygen atoms in total. The molecule has 0 spiro atoms. The number of amides is 1. The zero-order valence-corrected chi connectivity index (χ0v) is 29.6. The Morgan fingerprint density at radius 3 is 1.78 bits per heavy atom. The third kappa shape index (κ3) is 13.0. The number of ether oxygens (including phenoxy) is 5. The highest BCUT2D eigenvalue weighted by atomic mass is 16.7. The van der Waals surface area contributed by atoms with Gasteiger partial charge in [-0.05, 0) is 45.1 Å². The van der Waals surface area contributed by atoms with Gasteiger partial charge in [0.05, 0.1) is 31.0 Å². The van der Waals surface area contributed by atoms with E-state index in [-0.39, 0.29) is 44.5 Å². The topological polar surface area (TPSA) is 217 Å². The number of carbonyl (C=O) groups is 2. The Hall–Kier alpha value is -2.28. The SMILES string of the molecule is CCC(CN(CC(=O)NCCCCCC(=O)OCc1ccccc1)CC(CC)O[C@@H]1O[C@@H](C)[C@@H](O)[C@@H](O)[C@@H]1O)O[C@@H]1O[C@@H](C)[C@@H](O)[C@@H](O)[C@@H]1O. The normalized spacial score (nSPS) is 31.3. The minimum absolute atomic E-state index is 0.0524. The molecule has 2 heterocycles. The summed E-state index contributed by atoms with van der Waals surface area (Å²) in [4.78, 5) is 27.0. The van der Waals surface area contributed by atoms with Crippen LogP contribution in [0.5, 0.6) is 0 Å². The van der Waals surface area contributed by atoms with Crippen LogP contribution in [-0.4, -0.2) is 147 Å². The van der Waals surface area contributed by atoms with E-state index in [1.165, 1.54) is 0 Å². The van der Waals surface area contributed by atoms with Crippen LogP contribution in [-0.2, 0) is 39.9 Å². The van der Waals surface area contributed by atoms with E-state index in [1.807, 2.05) is 44.2 Å². The van der Waals surface area contributed by atoms with Crippen LogP contribution >= 0.6 is 0 Å². The molecule has 1 aromatic carbocycles. The molecule has 286 valence electrons. The van der Waals surface area contributed by atoms with Crippen LogP contribution in [0.2, 0.25) is 0 Å². The van der Waals surface area contributed by atoms with Crippen molar-refractivity contribution < 1.29 is 63.9 Å². The van der Waals surface area contributed by atoms with Crippen molar-refractivity contribution in [3.63, 3.8) is 0 Å². The Bertz CT molecular complexity index is 1090. The molecule has 0 saturated carbocycles. The monoisotopic (exact) mass is 714 g/mol. The van der Waals surface area contributed by atoms with Crippen molar-refractivity contribution in [3.05, 3.63) is 35.9 Å². The summed E-state index contributed by atoms with van der Waals surface area (Å²) in [5, 5.41) is 64.6. The molecule has 2 saturated heterocycles. The molecule has 1 aromatic rings. The van der Waals surface area contributed by atoms with Crippen LogP contribution in [0, 0.1) is 0 Å². The van der Waals surface area contributed by atoms with E-state index in [2.05, 4.69) is 5.32 Å². The Morgan fingerprint density at radius 1 is 0.760 bits per heavy atom. The quantitative estimate of drug-likeness (QED) is 0.0697. The second-order valence-corrected chi connectivity index (χ2v) is 13.2. The van der Waals surface area contributed by atoms with Crippen molar-refractivity contribution in [2.45, 2.75) is 146 Å². The van der Waals surface area contributed by atoms with Crippen molar-refractivity contribution in [2.75, 3.05) is 26.2 Å². The Balaban J connectivity index is 1.54. The maximum Gasteiger partial charge on any atom is 0.306 e. The van der Waals surface area contributed by atoms with Crippen molar-refractivity contribution >= 4 is 11.9 Å². The summed E-state index contributed by atoms with van der Waals surface area (Å²) in [6, 6.07) is 9.45. The lowest BCUT2D eigenvalue weighted by molar-refractivity contribution is -0.308. The van der Waals surface area contributed by atoms with Crippen molar-refractivity contribution in [2.24, 2.45) is 0 Å². The molecular formula is C35H58N2O13. The largest absolute Gasteiger partial charge is 0.461 e. The van der Waals surface area contributed by atoms with Gasteiger partial charge >= 0.3 is 5.97 Å². The van der Waals surface area contributed by atoms with Gasteiger partial charge in [0.25, 0.3) is 0 Å². The van der Waals surface area contributed by atoms with E-state index in [4.69, 9.17) is 23.7 Å². The number of carbonyl (C=O) groups excluding carboxylic acids is 2. The van der Waals surface area contributed by atoms with Crippen molar-refractivity contribution in [1.29, 1.82) is 0 Å². The molecular weight excluding hydrogens is 656 g/mol. The van der Waals surface area contributed by atoms with Gasteiger partial charge in [-0.15, -0.1) is 0 Å². The summed E-state index contributed by atoms with van der Waals surface area (Å²) < 4.78 is 28.7.